The van der Waals surface area contributed by atoms with Crippen molar-refractivity contribution in [3.63, 3.8) is 0 Å². The molecule has 0 aliphatic carbocycles. The molecule has 0 spiro atoms. The van der Waals surface area contributed by atoms with Crippen LogP contribution >= 0.6 is 0 Å². The normalized spacial score (nSPS) is 11.7. The molecule has 6 heteroatoms. The smallest absolute Gasteiger partial charge is 0.244 e. The Kier molecular flexibility index (Phi) is 4.87. The molecular weight excluding hydrogens is 312 g/mol. The third-order valence-corrected chi connectivity index (χ3v) is 5.82. The summed E-state index contributed by atoms with van der Waals surface area (Å²) in [6, 6.07) is 5.40. The summed E-state index contributed by atoms with van der Waals surface area (Å²) in [4.78, 5) is 0.174. The molecule has 126 valence electrons. The van der Waals surface area contributed by atoms with Gasteiger partial charge in [0.2, 0.25) is 10.0 Å². The largest absolute Gasteiger partial charge is 0.495 e. The lowest BCUT2D eigenvalue weighted by molar-refractivity contribution is 0.401. The monoisotopic (exact) mass is 336 g/mol. The number of rotatable bonds is 5. The minimum Gasteiger partial charge on any atom is -0.495 e. The summed E-state index contributed by atoms with van der Waals surface area (Å²) in [5.41, 5.74) is 5.03. The fourth-order valence-corrected chi connectivity index (χ4v) is 3.74. The van der Waals surface area contributed by atoms with E-state index in [4.69, 9.17) is 4.74 Å². The molecule has 1 aromatic heterocycles. The number of aromatic nitrogens is 1. The predicted octanol–water partition coefficient (Wildman–Crippen LogP) is 2.75. The highest BCUT2D eigenvalue weighted by Gasteiger charge is 2.21. The van der Waals surface area contributed by atoms with Crippen molar-refractivity contribution in [3.05, 3.63) is 46.3 Å². The molecule has 0 radical (unpaired) electrons. The zero-order valence-corrected chi connectivity index (χ0v) is 15.3. The van der Waals surface area contributed by atoms with Crippen molar-refractivity contribution in [2.24, 2.45) is 7.05 Å². The highest BCUT2D eigenvalue weighted by molar-refractivity contribution is 7.89. The zero-order valence-electron chi connectivity index (χ0n) is 14.5. The summed E-state index contributed by atoms with van der Waals surface area (Å²) in [6.07, 6.45) is 0. The van der Waals surface area contributed by atoms with E-state index in [0.717, 1.165) is 28.1 Å². The number of hydrogen-bond donors (Lipinski definition) is 1. The maximum Gasteiger partial charge on any atom is 0.244 e. The molecule has 5 nitrogen and oxygen atoms in total. The van der Waals surface area contributed by atoms with Gasteiger partial charge in [0, 0.05) is 25.0 Å². The van der Waals surface area contributed by atoms with Gasteiger partial charge in [-0.25, -0.2) is 13.1 Å². The summed E-state index contributed by atoms with van der Waals surface area (Å²) in [7, 11) is -0.198. The quantitative estimate of drug-likeness (QED) is 0.913. The number of nitrogens with one attached hydrogen (secondary N) is 1. The topological polar surface area (TPSA) is 60.3 Å². The molecule has 0 bridgehead atoms. The van der Waals surface area contributed by atoms with E-state index in [1.54, 1.807) is 12.1 Å². The van der Waals surface area contributed by atoms with E-state index in [1.165, 1.54) is 7.11 Å². The number of nitrogens with zero attached hydrogens (tertiary/aromatic N) is 1. The molecule has 0 amide bonds. The van der Waals surface area contributed by atoms with Crippen LogP contribution in [0.1, 0.15) is 28.1 Å². The Labute approximate surface area is 138 Å². The van der Waals surface area contributed by atoms with E-state index < -0.39 is 10.0 Å². The van der Waals surface area contributed by atoms with E-state index in [-0.39, 0.29) is 11.4 Å². The number of benzene rings is 1. The number of aryl methyl sites for hydroxylation is 3. The van der Waals surface area contributed by atoms with Crippen molar-refractivity contribution in [2.75, 3.05) is 7.11 Å². The molecule has 2 rings (SSSR count). The number of methoxy groups -OCH3 is 1. The van der Waals surface area contributed by atoms with E-state index in [9.17, 15) is 8.42 Å². The van der Waals surface area contributed by atoms with Crippen LogP contribution in [0, 0.1) is 27.7 Å². The summed E-state index contributed by atoms with van der Waals surface area (Å²) >= 11 is 0. The molecule has 0 aliphatic rings. The average Bonchev–Trinajstić information content (AvgIpc) is 2.74. The molecule has 2 aromatic rings. The fraction of sp³-hybridized carbons (Fsp3) is 0.412. The predicted molar refractivity (Wildman–Crippen MR) is 91.4 cm³/mol. The Morgan fingerprint density at radius 3 is 2.22 bits per heavy atom. The van der Waals surface area contributed by atoms with Crippen LogP contribution in [0.3, 0.4) is 0 Å². The standard InChI is InChI=1S/C17H24N2O3S/c1-11-7-16(22-6)17(8-12(11)2)23(20,21)18-10-15-9-13(3)19(5)14(15)4/h7-9,18H,10H2,1-6H3. The van der Waals surface area contributed by atoms with E-state index in [2.05, 4.69) is 4.72 Å². The molecule has 0 atom stereocenters. The lowest BCUT2D eigenvalue weighted by Crippen LogP contribution is -2.24. The lowest BCUT2D eigenvalue weighted by atomic mass is 10.1. The molecule has 0 saturated heterocycles. The Balaban J connectivity index is 2.32. The zero-order chi connectivity index (χ0) is 17.4. The maximum absolute atomic E-state index is 12.7. The Morgan fingerprint density at radius 2 is 1.70 bits per heavy atom. The van der Waals surface area contributed by atoms with Crippen molar-refractivity contribution in [3.8, 4) is 5.75 Å². The van der Waals surface area contributed by atoms with Crippen LogP contribution in [0.5, 0.6) is 5.75 Å². The van der Waals surface area contributed by atoms with Gasteiger partial charge in [0.15, 0.2) is 0 Å². The third-order valence-electron chi connectivity index (χ3n) is 4.40. The summed E-state index contributed by atoms with van der Waals surface area (Å²) in [5.74, 6) is 0.363. The van der Waals surface area contributed by atoms with Crippen molar-refractivity contribution >= 4 is 10.0 Å². The van der Waals surface area contributed by atoms with Gasteiger partial charge in [-0.2, -0.15) is 0 Å². The molecule has 1 aromatic carbocycles. The molecule has 0 saturated carbocycles. The van der Waals surface area contributed by atoms with Gasteiger partial charge in [-0.05, 0) is 62.6 Å². The van der Waals surface area contributed by atoms with Gasteiger partial charge in [0.05, 0.1) is 7.11 Å². The van der Waals surface area contributed by atoms with Crippen LogP contribution in [0.15, 0.2) is 23.1 Å². The van der Waals surface area contributed by atoms with Gasteiger partial charge in [0.1, 0.15) is 10.6 Å². The number of sulfonamides is 1. The van der Waals surface area contributed by atoms with E-state index >= 15 is 0 Å². The minimum atomic E-state index is -3.65. The first-order chi connectivity index (χ1) is 10.7. The van der Waals surface area contributed by atoms with Gasteiger partial charge in [-0.3, -0.25) is 0 Å². The van der Waals surface area contributed by atoms with Crippen LogP contribution in [-0.4, -0.2) is 20.1 Å². The van der Waals surface area contributed by atoms with Gasteiger partial charge in [-0.15, -0.1) is 0 Å². The SMILES string of the molecule is COc1cc(C)c(C)cc1S(=O)(=O)NCc1cc(C)n(C)c1C. The Morgan fingerprint density at radius 1 is 1.09 bits per heavy atom. The van der Waals surface area contributed by atoms with Crippen LogP contribution in [-0.2, 0) is 23.6 Å². The van der Waals surface area contributed by atoms with Crippen molar-refractivity contribution in [1.29, 1.82) is 0 Å². The second-order valence-corrected chi connectivity index (χ2v) is 7.60. The lowest BCUT2D eigenvalue weighted by Gasteiger charge is -2.13. The first kappa shape index (κ1) is 17.6. The summed E-state index contributed by atoms with van der Waals surface area (Å²) < 4.78 is 35.3. The molecule has 1 heterocycles. The summed E-state index contributed by atoms with van der Waals surface area (Å²) in [6.45, 7) is 8.05. The molecule has 1 N–H and O–H groups in total. The van der Waals surface area contributed by atoms with Crippen LogP contribution in [0.25, 0.3) is 0 Å². The van der Waals surface area contributed by atoms with Crippen molar-refractivity contribution < 1.29 is 13.2 Å². The highest BCUT2D eigenvalue weighted by Crippen LogP contribution is 2.27. The van der Waals surface area contributed by atoms with Crippen LogP contribution < -0.4 is 9.46 Å². The second kappa shape index (κ2) is 6.37. The first-order valence-electron chi connectivity index (χ1n) is 7.44. The molecular formula is C17H24N2O3S. The molecule has 23 heavy (non-hydrogen) atoms. The number of hydrogen-bond acceptors (Lipinski definition) is 3. The van der Waals surface area contributed by atoms with Gasteiger partial charge in [0.25, 0.3) is 0 Å². The van der Waals surface area contributed by atoms with Gasteiger partial charge < -0.3 is 9.30 Å². The van der Waals surface area contributed by atoms with Gasteiger partial charge >= 0.3 is 0 Å². The van der Waals surface area contributed by atoms with Crippen molar-refractivity contribution in [2.45, 2.75) is 39.1 Å². The Hall–Kier alpha value is -1.79. The van der Waals surface area contributed by atoms with E-state index in [0.29, 0.717) is 5.75 Å². The van der Waals surface area contributed by atoms with Gasteiger partial charge in [-0.1, -0.05) is 0 Å². The summed E-state index contributed by atoms with van der Waals surface area (Å²) in [5, 5.41) is 0. The average molecular weight is 336 g/mol. The highest BCUT2D eigenvalue weighted by atomic mass is 32.2. The first-order valence-corrected chi connectivity index (χ1v) is 8.92. The van der Waals surface area contributed by atoms with E-state index in [1.807, 2.05) is 45.4 Å². The molecule has 0 aliphatic heterocycles. The Bertz CT molecular complexity index is 836. The number of ether oxygens (including phenoxy) is 1. The molecule has 0 unspecified atom stereocenters. The maximum atomic E-state index is 12.7. The fourth-order valence-electron chi connectivity index (χ4n) is 2.50. The minimum absolute atomic E-state index is 0.174. The van der Waals surface area contributed by atoms with Crippen molar-refractivity contribution in [1.82, 2.24) is 9.29 Å². The van der Waals surface area contributed by atoms with Crippen LogP contribution in [0.2, 0.25) is 0 Å². The third kappa shape index (κ3) is 3.43. The van der Waals surface area contributed by atoms with Crippen LogP contribution in [0.4, 0.5) is 0 Å². The molecule has 0 fully saturated rings. The second-order valence-electron chi connectivity index (χ2n) is 5.87.